The van der Waals surface area contributed by atoms with Gasteiger partial charge in [-0.3, -0.25) is 9.69 Å². The van der Waals surface area contributed by atoms with Gasteiger partial charge in [0.15, 0.2) is 11.5 Å². The summed E-state index contributed by atoms with van der Waals surface area (Å²) in [6, 6.07) is 6.37. The Labute approximate surface area is 177 Å². The average molecular weight is 415 g/mol. The van der Waals surface area contributed by atoms with Crippen LogP contribution in [0.5, 0.6) is 11.5 Å². The molecule has 156 valence electrons. The van der Waals surface area contributed by atoms with Crippen molar-refractivity contribution in [2.75, 3.05) is 32.6 Å². The predicted molar refractivity (Wildman–Crippen MR) is 117 cm³/mol. The highest BCUT2D eigenvalue weighted by molar-refractivity contribution is 7.16. The lowest BCUT2D eigenvalue weighted by atomic mass is 9.88. The van der Waals surface area contributed by atoms with Crippen LogP contribution in [0.25, 0.3) is 0 Å². The zero-order chi connectivity index (χ0) is 20.4. The summed E-state index contributed by atoms with van der Waals surface area (Å²) < 4.78 is 11.1. The zero-order valence-electron chi connectivity index (χ0n) is 17.5. The van der Waals surface area contributed by atoms with Crippen LogP contribution < -0.4 is 14.8 Å². The largest absolute Gasteiger partial charge is 0.493 e. The Kier molecular flexibility index (Phi) is 6.11. The molecule has 1 saturated heterocycles. The van der Waals surface area contributed by atoms with Crippen molar-refractivity contribution in [3.63, 3.8) is 0 Å². The number of hydrogen-bond donors (Lipinski definition) is 1. The van der Waals surface area contributed by atoms with E-state index < -0.39 is 0 Å². The van der Waals surface area contributed by atoms with Crippen molar-refractivity contribution in [2.24, 2.45) is 0 Å². The molecule has 4 rings (SSSR count). The highest BCUT2D eigenvalue weighted by Gasteiger charge is 2.33. The van der Waals surface area contributed by atoms with Gasteiger partial charge in [0.1, 0.15) is 5.00 Å². The third-order valence-electron chi connectivity index (χ3n) is 6.00. The minimum atomic E-state index is -0.00247. The first-order valence-corrected chi connectivity index (χ1v) is 11.3. The molecule has 1 aromatic carbocycles. The minimum absolute atomic E-state index is 0.00247. The highest BCUT2D eigenvalue weighted by Crippen LogP contribution is 2.47. The van der Waals surface area contributed by atoms with Gasteiger partial charge in [0.25, 0.3) is 0 Å². The quantitative estimate of drug-likeness (QED) is 0.739. The van der Waals surface area contributed by atoms with Crippen molar-refractivity contribution in [3.05, 3.63) is 39.8 Å². The van der Waals surface area contributed by atoms with Crippen LogP contribution in [0.3, 0.4) is 0 Å². The molecule has 0 bridgehead atoms. The number of rotatable bonds is 6. The molecule has 2 heterocycles. The number of amides is 1. The lowest BCUT2D eigenvalue weighted by molar-refractivity contribution is -0.114. The third kappa shape index (κ3) is 4.01. The fourth-order valence-corrected chi connectivity index (χ4v) is 6.08. The maximum atomic E-state index is 12.0. The van der Waals surface area contributed by atoms with Gasteiger partial charge in [0, 0.05) is 17.4 Å². The van der Waals surface area contributed by atoms with E-state index in [2.05, 4.69) is 22.3 Å². The van der Waals surface area contributed by atoms with Gasteiger partial charge in [-0.25, -0.2) is 0 Å². The number of nitrogens with one attached hydrogen (secondary N) is 1. The number of ether oxygens (including phenoxy) is 2. The first-order valence-electron chi connectivity index (χ1n) is 10.5. The summed E-state index contributed by atoms with van der Waals surface area (Å²) in [6.07, 6.45) is 7.09. The molecule has 0 radical (unpaired) electrons. The van der Waals surface area contributed by atoms with Crippen LogP contribution in [0.2, 0.25) is 0 Å². The van der Waals surface area contributed by atoms with E-state index in [9.17, 15) is 4.79 Å². The smallest absolute Gasteiger partial charge is 0.221 e. The molecule has 1 unspecified atom stereocenters. The summed E-state index contributed by atoms with van der Waals surface area (Å²) in [7, 11) is 3.35. The van der Waals surface area contributed by atoms with Crippen molar-refractivity contribution in [1.82, 2.24) is 4.90 Å². The number of fused-ring (bicyclic) bond motifs is 1. The Bertz CT molecular complexity index is 886. The van der Waals surface area contributed by atoms with Crippen LogP contribution in [0.1, 0.15) is 60.2 Å². The Morgan fingerprint density at radius 3 is 2.48 bits per heavy atom. The number of hydrogen-bond acceptors (Lipinski definition) is 5. The number of aryl methyl sites for hydroxylation is 1. The van der Waals surface area contributed by atoms with E-state index in [-0.39, 0.29) is 11.9 Å². The lowest BCUT2D eigenvalue weighted by Crippen LogP contribution is -2.28. The number of nitrogens with zero attached hydrogens (tertiary/aromatic N) is 1. The Hall–Kier alpha value is -2.05. The summed E-state index contributed by atoms with van der Waals surface area (Å²) in [5, 5.41) is 4.18. The third-order valence-corrected chi connectivity index (χ3v) is 7.23. The fraction of sp³-hybridized carbons (Fsp3) is 0.522. The maximum absolute atomic E-state index is 12.0. The number of anilines is 1. The van der Waals surface area contributed by atoms with Gasteiger partial charge in [0.2, 0.25) is 5.91 Å². The van der Waals surface area contributed by atoms with E-state index in [0.717, 1.165) is 42.4 Å². The van der Waals surface area contributed by atoms with E-state index in [1.165, 1.54) is 47.3 Å². The van der Waals surface area contributed by atoms with E-state index in [0.29, 0.717) is 0 Å². The minimum Gasteiger partial charge on any atom is -0.493 e. The number of carbonyl (C=O) groups excluding carboxylic acids is 1. The second kappa shape index (κ2) is 8.76. The summed E-state index contributed by atoms with van der Waals surface area (Å²) in [4.78, 5) is 16.0. The second-order valence-electron chi connectivity index (χ2n) is 7.89. The molecule has 1 atom stereocenters. The summed E-state index contributed by atoms with van der Waals surface area (Å²) in [6.45, 7) is 3.75. The molecule has 1 aliphatic carbocycles. The maximum Gasteiger partial charge on any atom is 0.221 e. The molecular weight excluding hydrogens is 384 g/mol. The molecule has 1 N–H and O–H groups in total. The van der Waals surface area contributed by atoms with Crippen LogP contribution in [0.15, 0.2) is 18.2 Å². The van der Waals surface area contributed by atoms with Crippen LogP contribution in [0, 0.1) is 0 Å². The van der Waals surface area contributed by atoms with Crippen molar-refractivity contribution in [1.29, 1.82) is 0 Å². The van der Waals surface area contributed by atoms with Crippen molar-refractivity contribution >= 4 is 22.2 Å². The summed E-state index contributed by atoms with van der Waals surface area (Å²) in [5.41, 5.74) is 3.95. The van der Waals surface area contributed by atoms with E-state index >= 15 is 0 Å². The zero-order valence-corrected chi connectivity index (χ0v) is 18.4. The SMILES string of the molecule is COc1ccc(C(c2c(NC(C)=O)sc3c2CCCC3)N2CCCC2)cc1OC. The molecule has 0 spiro atoms. The molecule has 29 heavy (non-hydrogen) atoms. The molecule has 2 aromatic rings. The van der Waals surface area contributed by atoms with Crippen LogP contribution in [-0.2, 0) is 17.6 Å². The lowest BCUT2D eigenvalue weighted by Gasteiger charge is -2.31. The Balaban J connectivity index is 1.87. The Morgan fingerprint density at radius 1 is 1.07 bits per heavy atom. The molecule has 5 nitrogen and oxygen atoms in total. The number of benzene rings is 1. The first kappa shape index (κ1) is 20.2. The standard InChI is InChI=1S/C23H30N2O3S/c1-15(26)24-23-21(17-8-4-5-9-20(17)29-23)22(25-12-6-7-13-25)16-10-11-18(27-2)19(14-16)28-3/h10-11,14,22H,4-9,12-13H2,1-3H3,(H,24,26). The molecule has 6 heteroatoms. The summed E-state index contributed by atoms with van der Waals surface area (Å²) >= 11 is 1.78. The number of methoxy groups -OCH3 is 2. The topological polar surface area (TPSA) is 50.8 Å². The monoisotopic (exact) mass is 414 g/mol. The fourth-order valence-electron chi connectivity index (χ4n) is 4.72. The summed E-state index contributed by atoms with van der Waals surface area (Å²) in [5.74, 6) is 1.49. The van der Waals surface area contributed by atoms with E-state index in [1.54, 1.807) is 32.5 Å². The highest BCUT2D eigenvalue weighted by atomic mass is 32.1. The van der Waals surface area contributed by atoms with Gasteiger partial charge in [0.05, 0.1) is 20.3 Å². The molecule has 1 aromatic heterocycles. The van der Waals surface area contributed by atoms with Gasteiger partial charge in [-0.05, 0) is 74.9 Å². The molecule has 1 fully saturated rings. The van der Waals surface area contributed by atoms with Gasteiger partial charge in [-0.2, -0.15) is 0 Å². The molecule has 1 aliphatic heterocycles. The van der Waals surface area contributed by atoms with Gasteiger partial charge >= 0.3 is 0 Å². The van der Waals surface area contributed by atoms with Gasteiger partial charge in [-0.1, -0.05) is 6.07 Å². The molecule has 0 saturated carbocycles. The first-order chi connectivity index (χ1) is 14.1. The number of thiophene rings is 1. The van der Waals surface area contributed by atoms with Crippen LogP contribution in [-0.4, -0.2) is 38.1 Å². The van der Waals surface area contributed by atoms with Crippen molar-refractivity contribution < 1.29 is 14.3 Å². The predicted octanol–water partition coefficient (Wildman–Crippen LogP) is 4.79. The van der Waals surface area contributed by atoms with Gasteiger partial charge in [-0.15, -0.1) is 11.3 Å². The van der Waals surface area contributed by atoms with Crippen molar-refractivity contribution in [3.8, 4) is 11.5 Å². The molecular formula is C23H30N2O3S. The van der Waals surface area contributed by atoms with Crippen LogP contribution in [0.4, 0.5) is 5.00 Å². The number of carbonyl (C=O) groups is 1. The van der Waals surface area contributed by atoms with E-state index in [1.807, 2.05) is 6.07 Å². The molecule has 2 aliphatic rings. The van der Waals surface area contributed by atoms with Crippen LogP contribution >= 0.6 is 11.3 Å². The average Bonchev–Trinajstić information content (AvgIpc) is 3.37. The molecule has 1 amide bonds. The normalized spacial score (nSPS) is 17.6. The number of likely N-dealkylation sites (tertiary alicyclic amines) is 1. The van der Waals surface area contributed by atoms with E-state index in [4.69, 9.17) is 9.47 Å². The van der Waals surface area contributed by atoms with Crippen molar-refractivity contribution in [2.45, 2.75) is 51.5 Å². The van der Waals surface area contributed by atoms with Gasteiger partial charge < -0.3 is 14.8 Å². The Morgan fingerprint density at radius 2 is 1.79 bits per heavy atom. The second-order valence-corrected chi connectivity index (χ2v) is 9.00.